The average Bonchev–Trinajstić information content (AvgIpc) is 2.84. The van der Waals surface area contributed by atoms with E-state index < -0.39 is 11.7 Å². The molecular weight excluding hydrogens is 495 g/mol. The highest BCUT2D eigenvalue weighted by molar-refractivity contribution is 6.32. The number of aromatic nitrogens is 2. The number of ether oxygens (including phenoxy) is 3. The number of halogens is 4. The Balaban J connectivity index is 1.50. The van der Waals surface area contributed by atoms with Gasteiger partial charge in [0.2, 0.25) is 5.88 Å². The van der Waals surface area contributed by atoms with Crippen LogP contribution >= 0.6 is 11.6 Å². The van der Waals surface area contributed by atoms with Crippen LogP contribution in [0, 0.1) is 0 Å². The molecule has 6 nitrogen and oxygen atoms in total. The number of hydrogen-bond acceptors (Lipinski definition) is 6. The van der Waals surface area contributed by atoms with Crippen molar-refractivity contribution in [1.82, 2.24) is 9.97 Å². The first-order valence-electron chi connectivity index (χ1n) is 10.6. The normalized spacial score (nSPS) is 11.3. The van der Waals surface area contributed by atoms with E-state index in [1.807, 2.05) is 0 Å². The molecule has 0 fully saturated rings. The predicted octanol–water partition coefficient (Wildman–Crippen LogP) is 7.28. The summed E-state index contributed by atoms with van der Waals surface area (Å²) in [5.41, 5.74) is 1.37. The van der Waals surface area contributed by atoms with Crippen LogP contribution in [-0.4, -0.2) is 24.2 Å². The van der Waals surface area contributed by atoms with Crippen LogP contribution in [0.3, 0.4) is 0 Å². The SMILES string of the molecule is C=C(Cc1cccc(C(F)(F)F)c1)Nc1cnc(Oc2ccnc3cc(OC)c(OC)cc23)c(Cl)c1. The fourth-order valence-corrected chi connectivity index (χ4v) is 3.77. The van der Waals surface area contributed by atoms with Crippen LogP contribution < -0.4 is 19.5 Å². The highest BCUT2D eigenvalue weighted by atomic mass is 35.5. The van der Waals surface area contributed by atoms with Crippen molar-refractivity contribution in [2.45, 2.75) is 12.6 Å². The highest BCUT2D eigenvalue weighted by Crippen LogP contribution is 2.38. The van der Waals surface area contributed by atoms with Crippen molar-refractivity contribution in [3.63, 3.8) is 0 Å². The molecule has 0 radical (unpaired) electrons. The molecule has 0 aliphatic rings. The summed E-state index contributed by atoms with van der Waals surface area (Å²) < 4.78 is 55.5. The number of alkyl halides is 3. The van der Waals surface area contributed by atoms with Crippen LogP contribution in [0.1, 0.15) is 11.1 Å². The van der Waals surface area contributed by atoms with E-state index in [-0.39, 0.29) is 17.3 Å². The summed E-state index contributed by atoms with van der Waals surface area (Å²) in [4.78, 5) is 8.62. The number of benzene rings is 2. The van der Waals surface area contributed by atoms with Crippen molar-refractivity contribution in [3.8, 4) is 23.1 Å². The maximum atomic E-state index is 13.0. The van der Waals surface area contributed by atoms with Crippen molar-refractivity contribution in [1.29, 1.82) is 0 Å². The molecular formula is C26H21ClF3N3O3. The minimum atomic E-state index is -4.41. The van der Waals surface area contributed by atoms with Gasteiger partial charge in [-0.15, -0.1) is 0 Å². The predicted molar refractivity (Wildman–Crippen MR) is 132 cm³/mol. The molecule has 0 spiro atoms. The summed E-state index contributed by atoms with van der Waals surface area (Å²) in [6.45, 7) is 3.90. The number of rotatable bonds is 8. The molecule has 186 valence electrons. The second-order valence-electron chi connectivity index (χ2n) is 7.75. The highest BCUT2D eigenvalue weighted by Gasteiger charge is 2.30. The molecule has 1 N–H and O–H groups in total. The summed E-state index contributed by atoms with van der Waals surface area (Å²) in [6, 6.07) is 11.8. The Morgan fingerprint density at radius 2 is 1.75 bits per heavy atom. The Bertz CT molecular complexity index is 1430. The largest absolute Gasteiger partial charge is 0.493 e. The van der Waals surface area contributed by atoms with E-state index in [1.54, 1.807) is 36.5 Å². The molecule has 0 unspecified atom stereocenters. The molecule has 10 heteroatoms. The maximum absolute atomic E-state index is 13.0. The average molecular weight is 516 g/mol. The molecule has 36 heavy (non-hydrogen) atoms. The van der Waals surface area contributed by atoms with Crippen molar-refractivity contribution in [2.75, 3.05) is 19.5 Å². The number of nitrogens with zero attached hydrogens (tertiary/aromatic N) is 2. The Hall–Kier alpha value is -3.98. The number of anilines is 1. The van der Waals surface area contributed by atoms with Gasteiger partial charge in [-0.1, -0.05) is 36.4 Å². The number of pyridine rings is 2. The fourth-order valence-electron chi connectivity index (χ4n) is 3.56. The summed E-state index contributed by atoms with van der Waals surface area (Å²) in [5.74, 6) is 1.67. The van der Waals surface area contributed by atoms with Gasteiger partial charge >= 0.3 is 6.18 Å². The monoisotopic (exact) mass is 515 g/mol. The molecule has 2 heterocycles. The third kappa shape index (κ3) is 5.63. The number of methoxy groups -OCH3 is 2. The van der Waals surface area contributed by atoms with Gasteiger partial charge in [0.1, 0.15) is 10.8 Å². The fraction of sp³-hybridized carbons (Fsp3) is 0.154. The lowest BCUT2D eigenvalue weighted by Gasteiger charge is -2.14. The lowest BCUT2D eigenvalue weighted by atomic mass is 10.1. The van der Waals surface area contributed by atoms with E-state index in [1.165, 1.54) is 26.5 Å². The topological polar surface area (TPSA) is 65.5 Å². The standard InChI is InChI=1S/C26H21ClF3N3O3/c1-15(9-16-5-4-6-17(10-16)26(28,29)30)33-18-11-20(27)25(32-14-18)36-22-7-8-31-21-13-24(35-3)23(34-2)12-19(21)22/h4-8,10-14,33H,1,9H2,2-3H3. The van der Waals surface area contributed by atoms with Gasteiger partial charge in [-0.3, -0.25) is 4.98 Å². The number of hydrogen-bond donors (Lipinski definition) is 1. The van der Waals surface area contributed by atoms with E-state index >= 15 is 0 Å². The molecule has 4 aromatic rings. The van der Waals surface area contributed by atoms with Crippen LogP contribution in [0.15, 0.2) is 73.2 Å². The quantitative estimate of drug-likeness (QED) is 0.266. The van der Waals surface area contributed by atoms with E-state index in [4.69, 9.17) is 25.8 Å². The molecule has 0 bridgehead atoms. The summed E-state index contributed by atoms with van der Waals surface area (Å²) >= 11 is 6.41. The second-order valence-corrected chi connectivity index (χ2v) is 8.16. The van der Waals surface area contributed by atoms with E-state index in [2.05, 4.69) is 21.9 Å². The molecule has 0 saturated heterocycles. The van der Waals surface area contributed by atoms with Gasteiger partial charge in [0, 0.05) is 29.8 Å². The van der Waals surface area contributed by atoms with Gasteiger partial charge in [-0.2, -0.15) is 13.2 Å². The number of fused-ring (bicyclic) bond motifs is 1. The van der Waals surface area contributed by atoms with E-state index in [9.17, 15) is 13.2 Å². The van der Waals surface area contributed by atoms with Gasteiger partial charge in [0.25, 0.3) is 0 Å². The molecule has 4 rings (SSSR count). The van der Waals surface area contributed by atoms with Crippen LogP contribution in [0.4, 0.5) is 18.9 Å². The minimum absolute atomic E-state index is 0.160. The lowest BCUT2D eigenvalue weighted by Crippen LogP contribution is -2.07. The lowest BCUT2D eigenvalue weighted by molar-refractivity contribution is -0.137. The first-order chi connectivity index (χ1) is 17.2. The third-order valence-corrected chi connectivity index (χ3v) is 5.48. The molecule has 2 aromatic carbocycles. The van der Waals surface area contributed by atoms with Gasteiger partial charge in [-0.05, 0) is 29.8 Å². The maximum Gasteiger partial charge on any atom is 0.416 e. The summed E-state index contributed by atoms with van der Waals surface area (Å²) in [7, 11) is 3.07. The Morgan fingerprint density at radius 1 is 1.00 bits per heavy atom. The summed E-state index contributed by atoms with van der Waals surface area (Å²) in [6.07, 6.45) is -1.14. The van der Waals surface area contributed by atoms with E-state index in [0.29, 0.717) is 45.1 Å². The first-order valence-corrected chi connectivity index (χ1v) is 11.0. The Kier molecular flexibility index (Phi) is 7.21. The van der Waals surface area contributed by atoms with Crippen molar-refractivity contribution in [2.24, 2.45) is 0 Å². The van der Waals surface area contributed by atoms with Crippen molar-refractivity contribution >= 4 is 28.2 Å². The second kappa shape index (κ2) is 10.3. The van der Waals surface area contributed by atoms with Gasteiger partial charge < -0.3 is 19.5 Å². The van der Waals surface area contributed by atoms with Crippen LogP contribution in [0.25, 0.3) is 10.9 Å². The van der Waals surface area contributed by atoms with Gasteiger partial charge in [0.15, 0.2) is 11.5 Å². The number of nitrogens with one attached hydrogen (secondary N) is 1. The summed E-state index contributed by atoms with van der Waals surface area (Å²) in [5, 5.41) is 3.91. The van der Waals surface area contributed by atoms with Crippen molar-refractivity contribution in [3.05, 3.63) is 89.4 Å². The molecule has 2 aromatic heterocycles. The molecule has 0 aliphatic carbocycles. The zero-order chi connectivity index (χ0) is 25.9. The minimum Gasteiger partial charge on any atom is -0.493 e. The van der Waals surface area contributed by atoms with Gasteiger partial charge in [-0.25, -0.2) is 4.98 Å². The van der Waals surface area contributed by atoms with Crippen molar-refractivity contribution < 1.29 is 27.4 Å². The van der Waals surface area contributed by atoms with E-state index in [0.717, 1.165) is 12.1 Å². The Labute approximate surface area is 210 Å². The number of allylic oxidation sites excluding steroid dienone is 1. The van der Waals surface area contributed by atoms with Crippen LogP contribution in [0.2, 0.25) is 5.02 Å². The molecule has 0 saturated carbocycles. The zero-order valence-corrected chi connectivity index (χ0v) is 20.1. The molecule has 0 atom stereocenters. The van der Waals surface area contributed by atoms with Crippen LogP contribution in [-0.2, 0) is 12.6 Å². The third-order valence-electron chi connectivity index (χ3n) is 5.21. The Morgan fingerprint density at radius 3 is 2.44 bits per heavy atom. The van der Waals surface area contributed by atoms with Crippen LogP contribution in [0.5, 0.6) is 23.1 Å². The molecule has 0 aliphatic heterocycles. The smallest absolute Gasteiger partial charge is 0.416 e. The molecule has 0 amide bonds. The first kappa shape index (κ1) is 25.1. The van der Waals surface area contributed by atoms with Gasteiger partial charge in [0.05, 0.1) is 37.2 Å². The zero-order valence-electron chi connectivity index (χ0n) is 19.3.